The van der Waals surface area contributed by atoms with E-state index in [9.17, 15) is 14.7 Å². The highest BCUT2D eigenvalue weighted by atomic mass is 16.5. The first-order valence-electron chi connectivity index (χ1n) is 15.4. The van der Waals surface area contributed by atoms with Crippen LogP contribution in [-0.4, -0.2) is 84.4 Å². The van der Waals surface area contributed by atoms with E-state index in [0.717, 1.165) is 82.0 Å². The monoisotopic (exact) mass is 587 g/mol. The molecule has 1 aliphatic heterocycles. The molecule has 43 heavy (non-hydrogen) atoms. The number of anilines is 1. The number of aliphatic carboxylic acids is 1. The number of ether oxygens (including phenoxy) is 1. The molecule has 0 unspecified atom stereocenters. The molecule has 3 aromatic rings. The number of carboxylic acids is 2. The lowest BCUT2D eigenvalue weighted by Crippen LogP contribution is -2.46. The standard InChI is InChI=1S/C35H45N3O5/c1-28-8-6-10-32(26-28)38-23-21-36(22-24-38)19-7-25-43-33-11-3-2-9-30(33)17-20-37(18-5-4-12-34(39)40)27-29-13-15-31(16-14-29)35(41)42/h2-3,6,8-11,13-16,26H,4-5,7,12,17-25,27H2,1H3,(H,39,40)(H,41,42). The lowest BCUT2D eigenvalue weighted by atomic mass is 10.1. The number of aromatic carboxylic acids is 1. The molecule has 8 heteroatoms. The zero-order valence-electron chi connectivity index (χ0n) is 25.3. The number of unbranched alkanes of at least 4 members (excludes halogenated alkanes) is 1. The molecule has 0 atom stereocenters. The number of hydrogen-bond acceptors (Lipinski definition) is 6. The van der Waals surface area contributed by atoms with Crippen LogP contribution in [0.3, 0.4) is 0 Å². The van der Waals surface area contributed by atoms with Crippen LogP contribution in [0.1, 0.15) is 52.7 Å². The van der Waals surface area contributed by atoms with Gasteiger partial charge < -0.3 is 19.8 Å². The molecule has 4 rings (SSSR count). The number of para-hydroxylation sites is 1. The topological polar surface area (TPSA) is 93.5 Å². The van der Waals surface area contributed by atoms with Gasteiger partial charge in [-0.05, 0) is 86.2 Å². The first-order chi connectivity index (χ1) is 20.9. The van der Waals surface area contributed by atoms with E-state index in [0.29, 0.717) is 19.6 Å². The number of piperazine rings is 1. The Kier molecular flexibility index (Phi) is 12.4. The van der Waals surface area contributed by atoms with Gasteiger partial charge in [-0.3, -0.25) is 14.6 Å². The van der Waals surface area contributed by atoms with Crippen LogP contribution in [0.4, 0.5) is 5.69 Å². The fourth-order valence-electron chi connectivity index (χ4n) is 5.55. The van der Waals surface area contributed by atoms with E-state index in [2.05, 4.69) is 52.0 Å². The molecule has 1 fully saturated rings. The quantitative estimate of drug-likeness (QED) is 0.198. The minimum Gasteiger partial charge on any atom is -0.493 e. The second-order valence-corrected chi connectivity index (χ2v) is 11.4. The molecule has 0 aliphatic carbocycles. The van der Waals surface area contributed by atoms with Gasteiger partial charge in [0.15, 0.2) is 0 Å². The molecule has 1 aliphatic rings. The van der Waals surface area contributed by atoms with E-state index in [4.69, 9.17) is 9.84 Å². The maximum absolute atomic E-state index is 11.2. The molecule has 0 amide bonds. The molecule has 1 saturated heterocycles. The summed E-state index contributed by atoms with van der Waals surface area (Å²) in [5.41, 5.74) is 5.08. The van der Waals surface area contributed by atoms with Crippen LogP contribution >= 0.6 is 0 Å². The normalized spacial score (nSPS) is 13.8. The van der Waals surface area contributed by atoms with Crippen LogP contribution in [-0.2, 0) is 17.8 Å². The Hall–Kier alpha value is -3.88. The van der Waals surface area contributed by atoms with Gasteiger partial charge in [0.25, 0.3) is 0 Å². The van der Waals surface area contributed by atoms with Gasteiger partial charge in [-0.2, -0.15) is 0 Å². The van der Waals surface area contributed by atoms with Gasteiger partial charge in [0.1, 0.15) is 5.75 Å². The summed E-state index contributed by atoms with van der Waals surface area (Å²) >= 11 is 0. The van der Waals surface area contributed by atoms with Gasteiger partial charge in [0.05, 0.1) is 12.2 Å². The van der Waals surface area contributed by atoms with E-state index >= 15 is 0 Å². The fourth-order valence-corrected chi connectivity index (χ4v) is 5.55. The minimum atomic E-state index is -0.936. The summed E-state index contributed by atoms with van der Waals surface area (Å²) in [4.78, 5) is 29.5. The maximum atomic E-state index is 11.2. The first-order valence-corrected chi connectivity index (χ1v) is 15.4. The van der Waals surface area contributed by atoms with Crippen molar-refractivity contribution >= 4 is 17.6 Å². The third kappa shape index (κ3) is 10.7. The van der Waals surface area contributed by atoms with Gasteiger partial charge in [-0.15, -0.1) is 0 Å². The summed E-state index contributed by atoms with van der Waals surface area (Å²) in [6.07, 6.45) is 3.37. The molecule has 3 aromatic carbocycles. The van der Waals surface area contributed by atoms with Crippen molar-refractivity contribution in [3.8, 4) is 5.75 Å². The molecular formula is C35H45N3O5. The molecule has 2 N–H and O–H groups in total. The number of nitrogens with zero attached hydrogens (tertiary/aromatic N) is 3. The van der Waals surface area contributed by atoms with Gasteiger partial charge >= 0.3 is 11.9 Å². The number of benzene rings is 3. The Morgan fingerprint density at radius 1 is 0.860 bits per heavy atom. The van der Waals surface area contributed by atoms with Crippen molar-refractivity contribution < 1.29 is 24.5 Å². The summed E-state index contributed by atoms with van der Waals surface area (Å²) in [7, 11) is 0. The van der Waals surface area contributed by atoms with Gasteiger partial charge in [0.2, 0.25) is 0 Å². The van der Waals surface area contributed by atoms with Gasteiger partial charge in [-0.25, -0.2) is 4.79 Å². The largest absolute Gasteiger partial charge is 0.493 e. The summed E-state index contributed by atoms with van der Waals surface area (Å²) in [5.74, 6) is -0.788. The summed E-state index contributed by atoms with van der Waals surface area (Å²) in [5, 5.41) is 18.2. The molecule has 8 nitrogen and oxygen atoms in total. The molecule has 0 radical (unpaired) electrons. The molecule has 0 spiro atoms. The van der Waals surface area contributed by atoms with E-state index < -0.39 is 11.9 Å². The van der Waals surface area contributed by atoms with Crippen LogP contribution < -0.4 is 9.64 Å². The van der Waals surface area contributed by atoms with Crippen molar-refractivity contribution in [3.05, 3.63) is 95.1 Å². The van der Waals surface area contributed by atoms with E-state index in [1.807, 2.05) is 30.3 Å². The second-order valence-electron chi connectivity index (χ2n) is 11.4. The molecule has 1 heterocycles. The highest BCUT2D eigenvalue weighted by Gasteiger charge is 2.17. The van der Waals surface area contributed by atoms with Crippen molar-refractivity contribution in [1.29, 1.82) is 0 Å². The van der Waals surface area contributed by atoms with Crippen LogP contribution in [0.5, 0.6) is 5.75 Å². The van der Waals surface area contributed by atoms with Gasteiger partial charge in [-0.1, -0.05) is 42.5 Å². The number of carboxylic acid groups (broad SMARTS) is 2. The summed E-state index contributed by atoms with van der Waals surface area (Å²) < 4.78 is 6.27. The van der Waals surface area contributed by atoms with Crippen LogP contribution in [0, 0.1) is 6.92 Å². The van der Waals surface area contributed by atoms with Crippen molar-refractivity contribution in [3.63, 3.8) is 0 Å². The molecular weight excluding hydrogens is 542 g/mol. The summed E-state index contributed by atoms with van der Waals surface area (Å²) in [6, 6.07) is 23.9. The second kappa shape index (κ2) is 16.7. The third-order valence-corrected chi connectivity index (χ3v) is 8.01. The molecule has 0 aromatic heterocycles. The number of carbonyl (C=O) groups is 2. The molecule has 0 bridgehead atoms. The average Bonchev–Trinajstić information content (AvgIpc) is 3.01. The van der Waals surface area contributed by atoms with E-state index in [1.165, 1.54) is 11.3 Å². The van der Waals surface area contributed by atoms with Crippen LogP contribution in [0.25, 0.3) is 0 Å². The zero-order chi connectivity index (χ0) is 30.4. The Bertz CT molecular complexity index is 1300. The molecule has 0 saturated carbocycles. The van der Waals surface area contributed by atoms with Gasteiger partial charge in [0, 0.05) is 57.9 Å². The van der Waals surface area contributed by atoms with Crippen molar-refractivity contribution in [2.24, 2.45) is 0 Å². The highest BCUT2D eigenvalue weighted by molar-refractivity contribution is 5.87. The Morgan fingerprint density at radius 2 is 1.63 bits per heavy atom. The van der Waals surface area contributed by atoms with Crippen LogP contribution in [0.2, 0.25) is 0 Å². The fraction of sp³-hybridized carbons (Fsp3) is 0.429. The minimum absolute atomic E-state index is 0.167. The van der Waals surface area contributed by atoms with Crippen LogP contribution in [0.15, 0.2) is 72.8 Å². The predicted molar refractivity (Wildman–Crippen MR) is 170 cm³/mol. The van der Waals surface area contributed by atoms with E-state index in [1.54, 1.807) is 12.1 Å². The molecule has 230 valence electrons. The Balaban J connectivity index is 1.24. The Labute approximate surface area is 255 Å². The maximum Gasteiger partial charge on any atom is 0.335 e. The SMILES string of the molecule is Cc1cccc(N2CCN(CCCOc3ccccc3CCN(CCCCC(=O)O)Cc3ccc(C(=O)O)cc3)CC2)c1. The highest BCUT2D eigenvalue weighted by Crippen LogP contribution is 2.21. The van der Waals surface area contributed by atoms with Crippen molar-refractivity contribution in [2.45, 2.75) is 45.6 Å². The summed E-state index contributed by atoms with van der Waals surface area (Å²) in [6.45, 7) is 10.3. The van der Waals surface area contributed by atoms with Crippen molar-refractivity contribution in [1.82, 2.24) is 9.80 Å². The number of aryl methyl sites for hydroxylation is 1. The van der Waals surface area contributed by atoms with Crippen molar-refractivity contribution in [2.75, 3.05) is 57.3 Å². The smallest absolute Gasteiger partial charge is 0.335 e. The lowest BCUT2D eigenvalue weighted by Gasteiger charge is -2.36. The predicted octanol–water partition coefficient (Wildman–Crippen LogP) is 5.58. The Morgan fingerprint density at radius 3 is 2.35 bits per heavy atom. The van der Waals surface area contributed by atoms with E-state index in [-0.39, 0.29) is 12.0 Å². The number of rotatable bonds is 17. The average molecular weight is 588 g/mol. The zero-order valence-corrected chi connectivity index (χ0v) is 25.3. The lowest BCUT2D eigenvalue weighted by molar-refractivity contribution is -0.137. The number of hydrogen-bond donors (Lipinski definition) is 2. The third-order valence-electron chi connectivity index (χ3n) is 8.01. The first kappa shape index (κ1) is 32.0.